The SMILES string of the molecule is CC(C)C(Br)C(=O)P(=O)(O)O. The quantitative estimate of drug-likeness (QED) is 0.576. The molecule has 0 heterocycles. The van der Waals surface area contributed by atoms with E-state index in [4.69, 9.17) is 9.79 Å². The van der Waals surface area contributed by atoms with Crippen molar-refractivity contribution in [2.75, 3.05) is 0 Å². The van der Waals surface area contributed by atoms with Gasteiger partial charge in [0.15, 0.2) is 0 Å². The highest BCUT2D eigenvalue weighted by Gasteiger charge is 2.33. The minimum absolute atomic E-state index is 0.116. The van der Waals surface area contributed by atoms with Crippen LogP contribution in [0.1, 0.15) is 13.8 Å². The van der Waals surface area contributed by atoms with Gasteiger partial charge in [-0.3, -0.25) is 9.36 Å². The first-order chi connectivity index (χ1) is 4.76. The number of halogens is 1. The Morgan fingerprint density at radius 2 is 1.82 bits per heavy atom. The van der Waals surface area contributed by atoms with Gasteiger partial charge in [-0.05, 0) is 5.92 Å². The van der Waals surface area contributed by atoms with Gasteiger partial charge >= 0.3 is 7.60 Å². The van der Waals surface area contributed by atoms with E-state index in [0.29, 0.717) is 0 Å². The van der Waals surface area contributed by atoms with E-state index in [0.717, 1.165) is 0 Å². The Balaban J connectivity index is 4.39. The van der Waals surface area contributed by atoms with Gasteiger partial charge in [-0.15, -0.1) is 0 Å². The molecule has 0 aliphatic heterocycles. The molecule has 0 aromatic carbocycles. The molecule has 66 valence electrons. The van der Waals surface area contributed by atoms with Crippen molar-refractivity contribution in [1.29, 1.82) is 0 Å². The summed E-state index contributed by atoms with van der Waals surface area (Å²) in [6.45, 7) is 3.40. The Kier molecular flexibility index (Phi) is 3.91. The lowest BCUT2D eigenvalue weighted by Gasteiger charge is -2.12. The van der Waals surface area contributed by atoms with Gasteiger partial charge in [-0.25, -0.2) is 0 Å². The molecule has 4 nitrogen and oxygen atoms in total. The Morgan fingerprint density at radius 1 is 1.45 bits per heavy atom. The van der Waals surface area contributed by atoms with E-state index in [1.807, 2.05) is 0 Å². The van der Waals surface area contributed by atoms with Crippen molar-refractivity contribution in [2.45, 2.75) is 18.7 Å². The smallest absolute Gasteiger partial charge is 0.319 e. The van der Waals surface area contributed by atoms with Gasteiger partial charge in [0, 0.05) is 0 Å². The summed E-state index contributed by atoms with van der Waals surface area (Å²) in [5, 5.41) is 0. The van der Waals surface area contributed by atoms with Crippen molar-refractivity contribution in [3.8, 4) is 0 Å². The molecule has 0 fully saturated rings. The van der Waals surface area contributed by atoms with Crippen LogP contribution in [-0.4, -0.2) is 20.1 Å². The van der Waals surface area contributed by atoms with Crippen LogP contribution in [0.25, 0.3) is 0 Å². The number of rotatable bonds is 3. The molecule has 2 N–H and O–H groups in total. The van der Waals surface area contributed by atoms with E-state index >= 15 is 0 Å². The lowest BCUT2D eigenvalue weighted by Crippen LogP contribution is -2.19. The summed E-state index contributed by atoms with van der Waals surface area (Å²) in [6, 6.07) is 0. The Hall–Kier alpha value is 0.300. The molecule has 6 heteroatoms. The molecule has 1 unspecified atom stereocenters. The Morgan fingerprint density at radius 3 is 1.91 bits per heavy atom. The van der Waals surface area contributed by atoms with E-state index in [1.54, 1.807) is 13.8 Å². The molecule has 11 heavy (non-hydrogen) atoms. The van der Waals surface area contributed by atoms with Crippen LogP contribution in [-0.2, 0) is 9.36 Å². The number of carbonyl (C=O) groups excluding carboxylic acids is 1. The number of hydrogen-bond donors (Lipinski definition) is 2. The topological polar surface area (TPSA) is 74.6 Å². The summed E-state index contributed by atoms with van der Waals surface area (Å²) in [6.07, 6.45) is 0. The van der Waals surface area contributed by atoms with Crippen molar-refractivity contribution in [3.63, 3.8) is 0 Å². The maximum absolute atomic E-state index is 10.8. The molecular formula is C5H10BrO4P. The van der Waals surface area contributed by atoms with E-state index in [-0.39, 0.29) is 5.92 Å². The molecule has 0 amide bonds. The minimum Gasteiger partial charge on any atom is -0.319 e. The largest absolute Gasteiger partial charge is 0.392 e. The number of alkyl halides is 1. The third kappa shape index (κ3) is 3.47. The fourth-order valence-electron chi connectivity index (χ4n) is 0.446. The third-order valence-corrected chi connectivity index (χ3v) is 3.79. The number of hydrogen-bond acceptors (Lipinski definition) is 2. The average Bonchev–Trinajstić information content (AvgIpc) is 1.82. The maximum Gasteiger partial charge on any atom is 0.392 e. The first-order valence-electron chi connectivity index (χ1n) is 3.01. The molecule has 0 aromatic heterocycles. The fraction of sp³-hybridized carbons (Fsp3) is 0.800. The average molecular weight is 245 g/mol. The molecule has 0 spiro atoms. The van der Waals surface area contributed by atoms with Gasteiger partial charge in [-0.2, -0.15) is 0 Å². The highest BCUT2D eigenvalue weighted by Crippen LogP contribution is 2.40. The zero-order valence-electron chi connectivity index (χ0n) is 6.19. The van der Waals surface area contributed by atoms with Crippen molar-refractivity contribution >= 4 is 29.1 Å². The van der Waals surface area contributed by atoms with Crippen molar-refractivity contribution in [1.82, 2.24) is 0 Å². The molecule has 0 aromatic rings. The summed E-state index contributed by atoms with van der Waals surface area (Å²) in [4.78, 5) is 26.9. The predicted octanol–water partition coefficient (Wildman–Crippen LogP) is 1.11. The van der Waals surface area contributed by atoms with Gasteiger partial charge in [0.2, 0.25) is 0 Å². The summed E-state index contributed by atoms with van der Waals surface area (Å²) in [5.74, 6) is -0.116. The second kappa shape index (κ2) is 3.81. The van der Waals surface area contributed by atoms with E-state index in [1.165, 1.54) is 0 Å². The van der Waals surface area contributed by atoms with Crippen LogP contribution in [0.5, 0.6) is 0 Å². The highest BCUT2D eigenvalue weighted by atomic mass is 79.9. The second-order valence-corrected chi connectivity index (χ2v) is 5.04. The highest BCUT2D eigenvalue weighted by molar-refractivity contribution is 9.10. The Bertz CT molecular complexity index is 197. The zero-order valence-corrected chi connectivity index (χ0v) is 8.67. The molecular weight excluding hydrogens is 235 g/mol. The second-order valence-electron chi connectivity index (χ2n) is 2.53. The maximum atomic E-state index is 10.8. The monoisotopic (exact) mass is 244 g/mol. The summed E-state index contributed by atoms with van der Waals surface area (Å²) in [7, 11) is -4.55. The standard InChI is InChI=1S/C5H10BrO4P/c1-3(2)4(6)5(7)11(8,9)10/h3-4H,1-2H3,(H2,8,9,10). The van der Waals surface area contributed by atoms with Crippen LogP contribution in [0.4, 0.5) is 0 Å². The molecule has 1 atom stereocenters. The molecule has 0 saturated carbocycles. The van der Waals surface area contributed by atoms with Gasteiger partial charge in [0.1, 0.15) is 0 Å². The van der Waals surface area contributed by atoms with Crippen molar-refractivity contribution in [2.24, 2.45) is 5.92 Å². The van der Waals surface area contributed by atoms with Crippen molar-refractivity contribution < 1.29 is 19.1 Å². The van der Waals surface area contributed by atoms with E-state index in [9.17, 15) is 9.36 Å². The molecule has 0 saturated heterocycles. The molecule has 0 rings (SSSR count). The molecule has 0 radical (unpaired) electrons. The van der Waals surface area contributed by atoms with E-state index < -0.39 is 17.9 Å². The van der Waals surface area contributed by atoms with Gasteiger partial charge < -0.3 is 9.79 Å². The van der Waals surface area contributed by atoms with Crippen LogP contribution in [0.3, 0.4) is 0 Å². The lowest BCUT2D eigenvalue weighted by atomic mass is 10.1. The van der Waals surface area contributed by atoms with Crippen LogP contribution < -0.4 is 0 Å². The molecule has 0 bridgehead atoms. The van der Waals surface area contributed by atoms with Gasteiger partial charge in [-0.1, -0.05) is 29.8 Å². The van der Waals surface area contributed by atoms with Crippen LogP contribution in [0.15, 0.2) is 0 Å². The summed E-state index contributed by atoms with van der Waals surface area (Å²) < 4.78 is 10.4. The molecule has 0 aliphatic carbocycles. The fourth-order valence-corrected chi connectivity index (χ4v) is 1.87. The van der Waals surface area contributed by atoms with Crippen molar-refractivity contribution in [3.05, 3.63) is 0 Å². The normalized spacial score (nSPS) is 15.1. The Labute approximate surface area is 73.3 Å². The van der Waals surface area contributed by atoms with Gasteiger partial charge in [0.25, 0.3) is 5.52 Å². The van der Waals surface area contributed by atoms with Gasteiger partial charge in [0.05, 0.1) is 4.83 Å². The minimum atomic E-state index is -4.55. The first-order valence-corrected chi connectivity index (χ1v) is 5.53. The van der Waals surface area contributed by atoms with E-state index in [2.05, 4.69) is 15.9 Å². The summed E-state index contributed by atoms with van der Waals surface area (Å²) >= 11 is 2.90. The van der Waals surface area contributed by atoms with Crippen LogP contribution in [0.2, 0.25) is 0 Å². The summed E-state index contributed by atoms with van der Waals surface area (Å²) in [5.41, 5.74) is -1.05. The first kappa shape index (κ1) is 11.3. The molecule has 0 aliphatic rings. The van der Waals surface area contributed by atoms with Crippen LogP contribution >= 0.6 is 23.5 Å². The predicted molar refractivity (Wildman–Crippen MR) is 44.6 cm³/mol. The third-order valence-electron chi connectivity index (χ3n) is 1.11. The number of carbonyl (C=O) groups is 1. The zero-order chi connectivity index (χ0) is 9.23. The lowest BCUT2D eigenvalue weighted by molar-refractivity contribution is -0.113. The van der Waals surface area contributed by atoms with Crippen LogP contribution in [0, 0.1) is 5.92 Å².